The summed E-state index contributed by atoms with van der Waals surface area (Å²) < 4.78 is 5.70. The number of para-hydroxylation sites is 1. The Labute approximate surface area is 124 Å². The lowest BCUT2D eigenvalue weighted by Gasteiger charge is -2.38. The van der Waals surface area contributed by atoms with Crippen LogP contribution in [0.25, 0.3) is 0 Å². The Morgan fingerprint density at radius 2 is 1.62 bits per heavy atom. The van der Waals surface area contributed by atoms with E-state index in [0.717, 1.165) is 29.6 Å². The molecule has 0 saturated heterocycles. The number of carbonyl (C=O) groups excluding carboxylic acids is 1. The number of carbonyl (C=O) groups is 1. The van der Waals surface area contributed by atoms with Gasteiger partial charge in [-0.1, -0.05) is 54.7 Å². The maximum atomic E-state index is 12.9. The van der Waals surface area contributed by atoms with Crippen molar-refractivity contribution in [1.82, 2.24) is 0 Å². The van der Waals surface area contributed by atoms with Crippen LogP contribution in [0.3, 0.4) is 0 Å². The molecular weight excluding hydrogens is 260 g/mol. The van der Waals surface area contributed by atoms with Crippen molar-refractivity contribution in [2.75, 3.05) is 0 Å². The average Bonchev–Trinajstić information content (AvgIpc) is 3.20. The van der Waals surface area contributed by atoms with Crippen molar-refractivity contribution in [3.05, 3.63) is 77.4 Å². The molecule has 0 spiro atoms. The summed E-state index contributed by atoms with van der Waals surface area (Å²) in [7, 11) is 0. The standard InChI is InChI=1S/C19H16O2/c20-18-19(15-8-2-3-9-15,16-10-4-5-11-16)13-14-7-1-6-12-17(14)21-18/h1-8,10,12H,9,11,13H2. The Morgan fingerprint density at radius 3 is 2.24 bits per heavy atom. The summed E-state index contributed by atoms with van der Waals surface area (Å²) in [5.74, 6) is 0.572. The second kappa shape index (κ2) is 4.59. The normalized spacial score (nSPS) is 21.8. The van der Waals surface area contributed by atoms with Gasteiger partial charge in [-0.25, -0.2) is 0 Å². The van der Waals surface area contributed by atoms with E-state index in [0.29, 0.717) is 12.2 Å². The van der Waals surface area contributed by atoms with E-state index in [4.69, 9.17) is 4.74 Å². The monoisotopic (exact) mass is 276 g/mol. The van der Waals surface area contributed by atoms with Crippen LogP contribution in [0.1, 0.15) is 18.4 Å². The van der Waals surface area contributed by atoms with E-state index in [1.807, 2.05) is 30.4 Å². The second-order valence-electron chi connectivity index (χ2n) is 5.73. The van der Waals surface area contributed by atoms with Crippen LogP contribution < -0.4 is 4.74 Å². The molecule has 2 nitrogen and oxygen atoms in total. The molecule has 1 heterocycles. The van der Waals surface area contributed by atoms with Gasteiger partial charge >= 0.3 is 5.97 Å². The Hall–Kier alpha value is -2.35. The van der Waals surface area contributed by atoms with Gasteiger partial charge in [-0.15, -0.1) is 0 Å². The molecule has 4 rings (SSSR count). The van der Waals surface area contributed by atoms with Gasteiger partial charge < -0.3 is 4.74 Å². The maximum absolute atomic E-state index is 12.9. The van der Waals surface area contributed by atoms with Gasteiger partial charge in [0.25, 0.3) is 0 Å². The summed E-state index contributed by atoms with van der Waals surface area (Å²) in [6.07, 6.45) is 14.8. The van der Waals surface area contributed by atoms with E-state index in [1.54, 1.807) is 0 Å². The lowest BCUT2D eigenvalue weighted by atomic mass is 9.67. The summed E-state index contributed by atoms with van der Waals surface area (Å²) in [4.78, 5) is 12.9. The van der Waals surface area contributed by atoms with Crippen LogP contribution in [-0.4, -0.2) is 5.97 Å². The third-order valence-corrected chi connectivity index (χ3v) is 4.62. The van der Waals surface area contributed by atoms with Gasteiger partial charge in [0.15, 0.2) is 0 Å². The zero-order valence-corrected chi connectivity index (χ0v) is 11.7. The zero-order chi connectivity index (χ0) is 14.3. The highest BCUT2D eigenvalue weighted by Gasteiger charge is 2.49. The number of rotatable bonds is 2. The fourth-order valence-electron chi connectivity index (χ4n) is 3.52. The molecule has 0 unspecified atom stereocenters. The summed E-state index contributed by atoms with van der Waals surface area (Å²) in [6.45, 7) is 0. The van der Waals surface area contributed by atoms with Gasteiger partial charge in [-0.05, 0) is 42.0 Å². The largest absolute Gasteiger partial charge is 0.425 e. The van der Waals surface area contributed by atoms with Crippen molar-refractivity contribution in [1.29, 1.82) is 0 Å². The lowest BCUT2D eigenvalue weighted by molar-refractivity contribution is -0.143. The minimum absolute atomic E-state index is 0.133. The summed E-state index contributed by atoms with van der Waals surface area (Å²) >= 11 is 0. The molecule has 1 aliphatic heterocycles. The van der Waals surface area contributed by atoms with Crippen LogP contribution in [0.15, 0.2) is 71.9 Å². The average molecular weight is 276 g/mol. The van der Waals surface area contributed by atoms with E-state index in [9.17, 15) is 4.79 Å². The minimum atomic E-state index is -0.624. The first-order valence-corrected chi connectivity index (χ1v) is 7.33. The molecule has 2 aliphatic carbocycles. The summed E-state index contributed by atoms with van der Waals surface area (Å²) in [5, 5.41) is 0. The second-order valence-corrected chi connectivity index (χ2v) is 5.73. The molecule has 1 aromatic carbocycles. The molecule has 104 valence electrons. The SMILES string of the molecule is O=C1Oc2ccccc2CC1(C1=CC=CC1)C1=CC=CC1. The minimum Gasteiger partial charge on any atom is -0.425 e. The van der Waals surface area contributed by atoms with E-state index in [-0.39, 0.29) is 5.97 Å². The molecule has 0 atom stereocenters. The fourth-order valence-corrected chi connectivity index (χ4v) is 3.52. The molecular formula is C19H16O2. The van der Waals surface area contributed by atoms with Crippen molar-refractivity contribution in [2.45, 2.75) is 19.3 Å². The van der Waals surface area contributed by atoms with Gasteiger partial charge in [-0.2, -0.15) is 0 Å². The molecule has 0 aromatic heterocycles. The zero-order valence-electron chi connectivity index (χ0n) is 11.7. The van der Waals surface area contributed by atoms with E-state index in [2.05, 4.69) is 30.4 Å². The first-order valence-electron chi connectivity index (χ1n) is 7.33. The van der Waals surface area contributed by atoms with E-state index < -0.39 is 5.41 Å². The molecule has 1 aromatic rings. The Bertz CT molecular complexity index is 702. The van der Waals surface area contributed by atoms with Crippen molar-refractivity contribution in [2.24, 2.45) is 5.41 Å². The van der Waals surface area contributed by atoms with Gasteiger partial charge in [-0.3, -0.25) is 4.79 Å². The fraction of sp³-hybridized carbons (Fsp3) is 0.211. The number of fused-ring (bicyclic) bond motifs is 1. The van der Waals surface area contributed by atoms with Crippen molar-refractivity contribution < 1.29 is 9.53 Å². The van der Waals surface area contributed by atoms with Crippen LogP contribution >= 0.6 is 0 Å². The van der Waals surface area contributed by atoms with Crippen molar-refractivity contribution >= 4 is 5.97 Å². The predicted molar refractivity (Wildman–Crippen MR) is 81.9 cm³/mol. The molecule has 0 bridgehead atoms. The summed E-state index contributed by atoms with van der Waals surface area (Å²) in [5.41, 5.74) is 2.79. The predicted octanol–water partition coefficient (Wildman–Crippen LogP) is 3.91. The number of benzene rings is 1. The maximum Gasteiger partial charge on any atom is 0.326 e. The van der Waals surface area contributed by atoms with Crippen molar-refractivity contribution in [3.8, 4) is 5.75 Å². The quantitative estimate of drug-likeness (QED) is 0.605. The molecule has 3 aliphatic rings. The van der Waals surface area contributed by atoms with Gasteiger partial charge in [0.2, 0.25) is 0 Å². The van der Waals surface area contributed by atoms with Crippen LogP contribution in [-0.2, 0) is 11.2 Å². The number of hydrogen-bond acceptors (Lipinski definition) is 2. The third kappa shape index (κ3) is 1.75. The molecule has 0 fully saturated rings. The van der Waals surface area contributed by atoms with Crippen LogP contribution in [0, 0.1) is 5.41 Å². The van der Waals surface area contributed by atoms with Crippen LogP contribution in [0.4, 0.5) is 0 Å². The molecule has 0 N–H and O–H groups in total. The highest BCUT2D eigenvalue weighted by Crippen LogP contribution is 2.49. The molecule has 0 radical (unpaired) electrons. The number of hydrogen-bond donors (Lipinski definition) is 0. The Kier molecular flexibility index (Phi) is 2.71. The highest BCUT2D eigenvalue weighted by atomic mass is 16.5. The number of esters is 1. The first-order chi connectivity index (χ1) is 10.3. The highest BCUT2D eigenvalue weighted by molar-refractivity contribution is 5.89. The van der Waals surface area contributed by atoms with Crippen molar-refractivity contribution in [3.63, 3.8) is 0 Å². The Balaban J connectivity index is 1.86. The topological polar surface area (TPSA) is 26.3 Å². The van der Waals surface area contributed by atoms with Gasteiger partial charge in [0.05, 0.1) is 0 Å². The first kappa shape index (κ1) is 12.4. The third-order valence-electron chi connectivity index (χ3n) is 4.62. The summed E-state index contributed by atoms with van der Waals surface area (Å²) in [6, 6.07) is 7.85. The van der Waals surface area contributed by atoms with Crippen LogP contribution in [0.5, 0.6) is 5.75 Å². The molecule has 21 heavy (non-hydrogen) atoms. The lowest BCUT2D eigenvalue weighted by Crippen LogP contribution is -2.43. The van der Waals surface area contributed by atoms with Gasteiger partial charge in [0, 0.05) is 0 Å². The van der Waals surface area contributed by atoms with Crippen LogP contribution in [0.2, 0.25) is 0 Å². The Morgan fingerprint density at radius 1 is 0.952 bits per heavy atom. The van der Waals surface area contributed by atoms with Gasteiger partial charge in [0.1, 0.15) is 11.2 Å². The number of ether oxygens (including phenoxy) is 1. The smallest absolute Gasteiger partial charge is 0.326 e. The molecule has 0 amide bonds. The molecule has 0 saturated carbocycles. The number of allylic oxidation sites excluding steroid dienone is 6. The van der Waals surface area contributed by atoms with E-state index in [1.165, 1.54) is 0 Å². The molecule has 2 heteroatoms. The van der Waals surface area contributed by atoms with E-state index >= 15 is 0 Å².